The first kappa shape index (κ1) is 52.4. The molecule has 7 aromatic rings. The summed E-state index contributed by atoms with van der Waals surface area (Å²) in [6.07, 6.45) is 4.33. The Morgan fingerprint density at radius 2 is 1.62 bits per heavy atom. The molecule has 2 N–H and O–H groups in total. The Morgan fingerprint density at radius 3 is 2.40 bits per heavy atom. The number of nitrogens with zero attached hydrogens (tertiary/aromatic N) is 8. The van der Waals surface area contributed by atoms with Gasteiger partial charge >= 0.3 is 5.97 Å². The van der Waals surface area contributed by atoms with Crippen LogP contribution in [0.1, 0.15) is 102 Å². The number of pyridine rings is 1. The molecule has 4 aliphatic rings. The van der Waals surface area contributed by atoms with Crippen LogP contribution in [0.2, 0.25) is 0 Å². The summed E-state index contributed by atoms with van der Waals surface area (Å²) in [6, 6.07) is 29.6. The van der Waals surface area contributed by atoms with Crippen LogP contribution in [0.3, 0.4) is 0 Å². The number of para-hydroxylation sites is 1. The summed E-state index contributed by atoms with van der Waals surface area (Å²) in [5.41, 5.74) is 7.97. The predicted molar refractivity (Wildman–Crippen MR) is 302 cm³/mol. The van der Waals surface area contributed by atoms with Gasteiger partial charge in [0.25, 0.3) is 5.91 Å². The maximum atomic E-state index is 14.1. The number of carbonyl (C=O) groups is 5. The van der Waals surface area contributed by atoms with Crippen molar-refractivity contribution in [1.82, 2.24) is 34.9 Å². The molecule has 4 amide bonds. The summed E-state index contributed by atoms with van der Waals surface area (Å²) in [7, 11) is 1.88. The number of imide groups is 1. The third kappa shape index (κ3) is 11.2. The van der Waals surface area contributed by atoms with Gasteiger partial charge in [0.1, 0.15) is 17.2 Å². The van der Waals surface area contributed by atoms with E-state index in [1.54, 1.807) is 4.68 Å². The molecule has 7 heterocycles. The number of ether oxygens (including phenoxy) is 2. The van der Waals surface area contributed by atoms with E-state index >= 15 is 0 Å². The van der Waals surface area contributed by atoms with Crippen LogP contribution in [0, 0.1) is 12.8 Å². The number of aryl methyl sites for hydroxylation is 1. The van der Waals surface area contributed by atoms with Crippen LogP contribution in [0.15, 0.2) is 91.0 Å². The van der Waals surface area contributed by atoms with Crippen molar-refractivity contribution >= 4 is 78.7 Å². The molecule has 17 nitrogen and oxygen atoms in total. The molecule has 0 radical (unpaired) electrons. The highest BCUT2D eigenvalue weighted by Crippen LogP contribution is 2.37. The van der Waals surface area contributed by atoms with Crippen LogP contribution < -0.4 is 25.2 Å². The molecule has 0 saturated carbocycles. The molecule has 3 fully saturated rings. The van der Waals surface area contributed by atoms with Gasteiger partial charge < -0.3 is 24.2 Å². The number of hydrogen-bond acceptors (Lipinski definition) is 14. The van der Waals surface area contributed by atoms with Crippen molar-refractivity contribution in [3.63, 3.8) is 0 Å². The minimum absolute atomic E-state index is 0.164. The minimum Gasteiger partial charge on any atom is -0.493 e. The average molecular weight is 1070 g/mol. The number of esters is 1. The smallest absolute Gasteiger partial charge is 0.358 e. The van der Waals surface area contributed by atoms with E-state index in [0.29, 0.717) is 92.3 Å². The average Bonchev–Trinajstić information content (AvgIpc) is 4.01. The number of carbonyl (C=O) groups excluding carboxylic acids is 5. The molecule has 1 atom stereocenters. The van der Waals surface area contributed by atoms with Crippen LogP contribution in [-0.4, -0.2) is 124 Å². The van der Waals surface area contributed by atoms with Gasteiger partial charge in [-0.15, -0.1) is 0 Å². The van der Waals surface area contributed by atoms with E-state index in [0.717, 1.165) is 100 Å². The number of piperazine rings is 1. The highest BCUT2D eigenvalue weighted by atomic mass is 32.1. The largest absolute Gasteiger partial charge is 0.493 e. The number of thiazole rings is 1. The van der Waals surface area contributed by atoms with E-state index in [2.05, 4.69) is 48.5 Å². The number of fused-ring (bicyclic) bond motifs is 3. The topological polar surface area (TPSA) is 184 Å². The number of rotatable bonds is 13. The normalized spacial score (nSPS) is 17.6. The molecule has 0 bridgehead atoms. The van der Waals surface area contributed by atoms with Crippen LogP contribution in [-0.2, 0) is 39.1 Å². The van der Waals surface area contributed by atoms with Gasteiger partial charge in [-0.05, 0) is 156 Å². The third-order valence-electron chi connectivity index (χ3n) is 15.7. The molecular formula is C60H66N10O7S. The van der Waals surface area contributed by atoms with Gasteiger partial charge in [-0.2, -0.15) is 5.10 Å². The molecule has 0 spiro atoms. The third-order valence-corrected chi connectivity index (χ3v) is 16.6. The zero-order chi connectivity index (χ0) is 54.2. The number of piperidine rings is 2. The second-order valence-electron chi connectivity index (χ2n) is 22.0. The van der Waals surface area contributed by atoms with E-state index in [-0.39, 0.29) is 29.3 Å². The van der Waals surface area contributed by atoms with Crippen molar-refractivity contribution in [2.24, 2.45) is 13.0 Å². The van der Waals surface area contributed by atoms with Gasteiger partial charge in [-0.25, -0.2) is 14.8 Å². The van der Waals surface area contributed by atoms with Crippen molar-refractivity contribution < 1.29 is 33.4 Å². The Balaban J connectivity index is 0.682. The molecule has 3 saturated heterocycles. The first-order valence-corrected chi connectivity index (χ1v) is 28.0. The monoisotopic (exact) mass is 1070 g/mol. The SMILES string of the molecule is Cc1c(OCCC2CCN(CC(=O)N3CCN(c4ccc5c(C6CCC(=O)NC6=O)nn(C)c5c4)CC3)CC2)cccc1-c1ccc(N2CCc3cccc(C(=O)Nc4nc5ccccc5s4)c3C2)nc1C(=O)OC(C)(C)C. The maximum absolute atomic E-state index is 14.1. The zero-order valence-corrected chi connectivity index (χ0v) is 45.8. The Kier molecular flexibility index (Phi) is 14.7. The second kappa shape index (κ2) is 22.0. The lowest BCUT2D eigenvalue weighted by atomic mass is 9.93. The van der Waals surface area contributed by atoms with Crippen molar-refractivity contribution in [1.29, 1.82) is 0 Å². The van der Waals surface area contributed by atoms with Gasteiger partial charge in [0.05, 0.1) is 40.5 Å². The summed E-state index contributed by atoms with van der Waals surface area (Å²) in [5.74, 6) is 0.286. The van der Waals surface area contributed by atoms with Gasteiger partial charge in [0.2, 0.25) is 17.7 Å². The van der Waals surface area contributed by atoms with E-state index in [1.807, 2.05) is 112 Å². The lowest BCUT2D eigenvalue weighted by molar-refractivity contribution is -0.135. The summed E-state index contributed by atoms with van der Waals surface area (Å²) in [4.78, 5) is 84.2. The zero-order valence-electron chi connectivity index (χ0n) is 45.0. The summed E-state index contributed by atoms with van der Waals surface area (Å²) >= 11 is 1.44. The van der Waals surface area contributed by atoms with Crippen molar-refractivity contribution in [2.75, 3.05) is 74.1 Å². The lowest BCUT2D eigenvalue weighted by Gasteiger charge is -2.38. The van der Waals surface area contributed by atoms with Gasteiger partial charge in [0, 0.05) is 74.9 Å². The van der Waals surface area contributed by atoms with E-state index in [4.69, 9.17) is 19.6 Å². The lowest BCUT2D eigenvalue weighted by Crippen LogP contribution is -2.52. The van der Waals surface area contributed by atoms with Crippen LogP contribution >= 0.6 is 11.3 Å². The number of hydrogen-bond donors (Lipinski definition) is 2. The number of aromatic nitrogens is 4. The quantitative estimate of drug-likeness (QED) is 0.0827. The Hall–Kier alpha value is -7.70. The minimum atomic E-state index is -0.751. The van der Waals surface area contributed by atoms with Crippen molar-refractivity contribution in [3.05, 3.63) is 125 Å². The summed E-state index contributed by atoms with van der Waals surface area (Å²) in [5, 5.41) is 11.6. The fourth-order valence-corrected chi connectivity index (χ4v) is 12.3. The van der Waals surface area contributed by atoms with Gasteiger partial charge in [-0.3, -0.25) is 39.4 Å². The van der Waals surface area contributed by atoms with Gasteiger partial charge in [0.15, 0.2) is 10.8 Å². The summed E-state index contributed by atoms with van der Waals surface area (Å²) in [6.45, 7) is 14.1. The van der Waals surface area contributed by atoms with Gasteiger partial charge in [-0.1, -0.05) is 47.7 Å². The molecule has 404 valence electrons. The molecule has 1 unspecified atom stereocenters. The Morgan fingerprint density at radius 1 is 0.821 bits per heavy atom. The fraction of sp³-hybridized carbons (Fsp3) is 0.400. The van der Waals surface area contributed by atoms with E-state index in [9.17, 15) is 24.0 Å². The number of anilines is 3. The number of amides is 4. The second-order valence-corrected chi connectivity index (χ2v) is 23.0. The molecule has 78 heavy (non-hydrogen) atoms. The Labute approximate surface area is 457 Å². The molecule has 3 aromatic heterocycles. The maximum Gasteiger partial charge on any atom is 0.358 e. The highest BCUT2D eigenvalue weighted by molar-refractivity contribution is 7.22. The first-order valence-electron chi connectivity index (χ1n) is 27.2. The molecule has 4 aromatic carbocycles. The molecule has 18 heteroatoms. The van der Waals surface area contributed by atoms with E-state index < -0.39 is 17.5 Å². The molecule has 0 aliphatic carbocycles. The van der Waals surface area contributed by atoms with Crippen LogP contribution in [0.25, 0.3) is 32.2 Å². The van der Waals surface area contributed by atoms with Crippen molar-refractivity contribution in [3.8, 4) is 16.9 Å². The predicted octanol–water partition coefficient (Wildman–Crippen LogP) is 8.67. The fourth-order valence-electron chi connectivity index (χ4n) is 11.4. The first-order chi connectivity index (χ1) is 37.6. The van der Waals surface area contributed by atoms with Crippen LogP contribution in [0.4, 0.5) is 16.6 Å². The van der Waals surface area contributed by atoms with E-state index in [1.165, 1.54) is 11.3 Å². The standard InChI is InChI=1S/C60H66N10O7S/c1-37-41(42-18-20-51(62-55(42)58(75)77-60(2,3)4)70-28-24-39-10-8-12-43(46(39)35-70)56(73)64-59-61-47-13-6-7-15-50(47)78-59)11-9-14-49(37)76-33-25-38-22-26-67(27-23-38)36-53(72)69-31-29-68(30-32-69)40-16-17-44-48(34-40)66(5)65-54(44)45-19-21-52(71)63-57(45)74/h6-18,20,34,38,45H,19,21-33,35-36H2,1-5H3,(H,61,64,73)(H,63,71,74). The number of benzene rings is 4. The molecule has 4 aliphatic heterocycles. The summed E-state index contributed by atoms with van der Waals surface area (Å²) < 4.78 is 15.3. The molecular weight excluding hydrogens is 1000 g/mol. The van der Waals surface area contributed by atoms with Crippen LogP contribution in [0.5, 0.6) is 5.75 Å². The molecule has 11 rings (SSSR count). The highest BCUT2D eigenvalue weighted by Gasteiger charge is 2.33. The number of likely N-dealkylation sites (tertiary alicyclic amines) is 1. The van der Waals surface area contributed by atoms with Crippen molar-refractivity contribution in [2.45, 2.75) is 84.3 Å². The Bertz CT molecular complexity index is 3430. The number of nitrogens with one attached hydrogen (secondary N) is 2.